The Labute approximate surface area is 190 Å². The number of carbonyl (C=O) groups is 3. The molecule has 172 valence electrons. The molecule has 2 rings (SSSR count). The third-order valence-electron chi connectivity index (χ3n) is 4.30. The van der Waals surface area contributed by atoms with Gasteiger partial charge in [-0.25, -0.2) is 18.0 Å². The SMILES string of the molecule is COC(=O)c1ccc(C(=O)OC)c(S(=O)(=O)N(C)CC(=O)Nc2cc(Cl)ccc2OC)c1. The van der Waals surface area contributed by atoms with Crippen LogP contribution in [-0.4, -0.2) is 65.5 Å². The molecule has 0 aliphatic carbocycles. The van der Waals surface area contributed by atoms with Crippen LogP contribution < -0.4 is 10.1 Å². The Morgan fingerprint density at radius 2 is 1.66 bits per heavy atom. The highest BCUT2D eigenvalue weighted by atomic mass is 35.5. The second-order valence-electron chi connectivity index (χ2n) is 6.35. The number of likely N-dealkylation sites (N-methyl/N-ethyl adjacent to an activating group) is 1. The number of anilines is 1. The highest BCUT2D eigenvalue weighted by Gasteiger charge is 2.30. The van der Waals surface area contributed by atoms with Crippen LogP contribution in [0.25, 0.3) is 0 Å². The average molecular weight is 485 g/mol. The van der Waals surface area contributed by atoms with Gasteiger partial charge < -0.3 is 19.5 Å². The summed E-state index contributed by atoms with van der Waals surface area (Å²) in [5.74, 6) is -2.10. The lowest BCUT2D eigenvalue weighted by atomic mass is 10.1. The predicted molar refractivity (Wildman–Crippen MR) is 116 cm³/mol. The van der Waals surface area contributed by atoms with Gasteiger partial charge in [0, 0.05) is 12.1 Å². The fourth-order valence-electron chi connectivity index (χ4n) is 2.68. The number of nitrogens with zero attached hydrogens (tertiary/aromatic N) is 1. The Balaban J connectivity index is 2.36. The largest absolute Gasteiger partial charge is 0.495 e. The Morgan fingerprint density at radius 3 is 2.25 bits per heavy atom. The van der Waals surface area contributed by atoms with Crippen LogP contribution in [0.5, 0.6) is 5.75 Å². The third-order valence-corrected chi connectivity index (χ3v) is 6.38. The fourth-order valence-corrected chi connectivity index (χ4v) is 4.18. The van der Waals surface area contributed by atoms with Gasteiger partial charge in [0.05, 0.1) is 49.6 Å². The molecule has 0 aliphatic heterocycles. The van der Waals surface area contributed by atoms with Crippen molar-refractivity contribution in [3.05, 3.63) is 52.5 Å². The number of amides is 1. The molecule has 0 aliphatic rings. The Kier molecular flexibility index (Phi) is 8.19. The molecule has 0 spiro atoms. The molecule has 12 heteroatoms. The smallest absolute Gasteiger partial charge is 0.339 e. The van der Waals surface area contributed by atoms with Gasteiger partial charge in [-0.05, 0) is 36.4 Å². The van der Waals surface area contributed by atoms with E-state index in [2.05, 4.69) is 14.8 Å². The lowest BCUT2D eigenvalue weighted by Gasteiger charge is -2.19. The standard InChI is InChI=1S/C20H21ClN2O8S/c1-23(11-18(24)22-15-10-13(21)6-8-16(15)29-2)32(27,28)17-9-12(19(25)30-3)5-7-14(17)20(26)31-4/h5-10H,11H2,1-4H3,(H,22,24). The molecule has 32 heavy (non-hydrogen) atoms. The van der Waals surface area contributed by atoms with Crippen molar-refractivity contribution in [1.29, 1.82) is 0 Å². The van der Waals surface area contributed by atoms with Crippen molar-refractivity contribution in [2.45, 2.75) is 4.90 Å². The third kappa shape index (κ3) is 5.55. The van der Waals surface area contributed by atoms with E-state index < -0.39 is 39.3 Å². The molecule has 0 fully saturated rings. The quantitative estimate of drug-likeness (QED) is 0.564. The highest BCUT2D eigenvalue weighted by Crippen LogP contribution is 2.28. The Morgan fingerprint density at radius 1 is 1.00 bits per heavy atom. The zero-order chi connectivity index (χ0) is 24.1. The van der Waals surface area contributed by atoms with Gasteiger partial charge in [0.1, 0.15) is 5.75 Å². The number of hydrogen-bond acceptors (Lipinski definition) is 8. The van der Waals surface area contributed by atoms with E-state index >= 15 is 0 Å². The molecule has 0 bridgehead atoms. The van der Waals surface area contributed by atoms with Crippen LogP contribution >= 0.6 is 11.6 Å². The van der Waals surface area contributed by atoms with Gasteiger partial charge in [0.25, 0.3) is 0 Å². The number of sulfonamides is 1. The first-order valence-corrected chi connectivity index (χ1v) is 10.8. The van der Waals surface area contributed by atoms with Crippen molar-refractivity contribution in [2.75, 3.05) is 40.2 Å². The number of ether oxygens (including phenoxy) is 3. The molecule has 0 atom stereocenters. The van der Waals surface area contributed by atoms with Crippen LogP contribution in [0, 0.1) is 0 Å². The first kappa shape index (κ1) is 25.1. The highest BCUT2D eigenvalue weighted by molar-refractivity contribution is 7.89. The van der Waals surface area contributed by atoms with E-state index in [9.17, 15) is 22.8 Å². The maximum absolute atomic E-state index is 13.1. The second-order valence-corrected chi connectivity index (χ2v) is 8.80. The van der Waals surface area contributed by atoms with Gasteiger partial charge in [0.2, 0.25) is 15.9 Å². The number of hydrogen-bond donors (Lipinski definition) is 1. The molecule has 0 saturated heterocycles. The van der Waals surface area contributed by atoms with Crippen LogP contribution in [0.3, 0.4) is 0 Å². The van der Waals surface area contributed by atoms with Crippen molar-refractivity contribution < 1.29 is 37.0 Å². The number of esters is 2. The minimum Gasteiger partial charge on any atom is -0.495 e. The summed E-state index contributed by atoms with van der Waals surface area (Å²) < 4.78 is 41.4. The average Bonchev–Trinajstić information content (AvgIpc) is 2.77. The summed E-state index contributed by atoms with van der Waals surface area (Å²) >= 11 is 5.93. The Bertz CT molecular complexity index is 1150. The maximum Gasteiger partial charge on any atom is 0.339 e. The van der Waals surface area contributed by atoms with E-state index in [-0.39, 0.29) is 16.8 Å². The van der Waals surface area contributed by atoms with Crippen molar-refractivity contribution >= 4 is 45.2 Å². The topological polar surface area (TPSA) is 128 Å². The van der Waals surface area contributed by atoms with Crippen molar-refractivity contribution in [3.8, 4) is 5.75 Å². The number of nitrogens with one attached hydrogen (secondary N) is 1. The minimum atomic E-state index is -4.39. The molecule has 2 aromatic carbocycles. The lowest BCUT2D eigenvalue weighted by molar-refractivity contribution is -0.116. The minimum absolute atomic E-state index is 0.0970. The molecule has 1 amide bonds. The molecule has 2 aromatic rings. The number of benzene rings is 2. The van der Waals surface area contributed by atoms with Gasteiger partial charge in [-0.1, -0.05) is 11.6 Å². The molecular formula is C20H21ClN2O8S. The molecule has 0 heterocycles. The van der Waals surface area contributed by atoms with Gasteiger partial charge in [0.15, 0.2) is 0 Å². The number of carbonyl (C=O) groups excluding carboxylic acids is 3. The summed E-state index contributed by atoms with van der Waals surface area (Å²) in [4.78, 5) is 35.9. The number of halogens is 1. The normalized spacial score (nSPS) is 11.1. The first-order chi connectivity index (χ1) is 15.0. The summed E-state index contributed by atoms with van der Waals surface area (Å²) in [6, 6.07) is 7.91. The van der Waals surface area contributed by atoms with E-state index in [4.69, 9.17) is 16.3 Å². The van der Waals surface area contributed by atoms with Gasteiger partial charge >= 0.3 is 11.9 Å². The monoisotopic (exact) mass is 484 g/mol. The van der Waals surface area contributed by atoms with E-state index in [1.807, 2.05) is 0 Å². The lowest BCUT2D eigenvalue weighted by Crippen LogP contribution is -2.35. The van der Waals surface area contributed by atoms with Gasteiger partial charge in [-0.2, -0.15) is 4.31 Å². The van der Waals surface area contributed by atoms with Crippen LogP contribution in [0.4, 0.5) is 5.69 Å². The fraction of sp³-hybridized carbons (Fsp3) is 0.250. The zero-order valence-electron chi connectivity index (χ0n) is 17.7. The molecular weight excluding hydrogens is 464 g/mol. The van der Waals surface area contributed by atoms with Crippen LogP contribution in [-0.2, 0) is 24.3 Å². The zero-order valence-corrected chi connectivity index (χ0v) is 19.2. The van der Waals surface area contributed by atoms with Crippen LogP contribution in [0.2, 0.25) is 5.02 Å². The van der Waals surface area contributed by atoms with Gasteiger partial charge in [-0.3, -0.25) is 4.79 Å². The van der Waals surface area contributed by atoms with Crippen molar-refractivity contribution in [1.82, 2.24) is 4.31 Å². The summed E-state index contributed by atoms with van der Waals surface area (Å²) in [5, 5.41) is 2.86. The van der Waals surface area contributed by atoms with E-state index in [0.717, 1.165) is 37.7 Å². The van der Waals surface area contributed by atoms with E-state index in [1.54, 1.807) is 12.1 Å². The second kappa shape index (κ2) is 10.4. The maximum atomic E-state index is 13.1. The van der Waals surface area contributed by atoms with Crippen molar-refractivity contribution in [3.63, 3.8) is 0 Å². The number of rotatable bonds is 8. The van der Waals surface area contributed by atoms with Crippen LogP contribution in [0.1, 0.15) is 20.7 Å². The molecule has 0 aromatic heterocycles. The Hall–Kier alpha value is -3.15. The molecule has 0 unspecified atom stereocenters. The summed E-state index contributed by atoms with van der Waals surface area (Å²) in [6.07, 6.45) is 0. The molecule has 0 saturated carbocycles. The summed E-state index contributed by atoms with van der Waals surface area (Å²) in [5.41, 5.74) is -0.150. The predicted octanol–water partition coefficient (Wildman–Crippen LogP) is 2.18. The number of methoxy groups -OCH3 is 3. The summed E-state index contributed by atoms with van der Waals surface area (Å²) in [6.45, 7) is -0.610. The van der Waals surface area contributed by atoms with Crippen molar-refractivity contribution in [2.24, 2.45) is 0 Å². The van der Waals surface area contributed by atoms with E-state index in [0.29, 0.717) is 10.8 Å². The molecule has 10 nitrogen and oxygen atoms in total. The summed E-state index contributed by atoms with van der Waals surface area (Å²) in [7, 11) is 0.372. The van der Waals surface area contributed by atoms with Gasteiger partial charge in [-0.15, -0.1) is 0 Å². The van der Waals surface area contributed by atoms with E-state index in [1.165, 1.54) is 19.2 Å². The molecule has 1 N–H and O–H groups in total. The molecule has 0 radical (unpaired) electrons. The van der Waals surface area contributed by atoms with Crippen LogP contribution in [0.15, 0.2) is 41.3 Å². The first-order valence-electron chi connectivity index (χ1n) is 8.95.